The lowest BCUT2D eigenvalue weighted by Crippen LogP contribution is -2.30. The first-order valence-electron chi connectivity index (χ1n) is 10.5. The standard InChI is InChI=1S/C26H24F4/c1-2-16-3-6-20-14-21(10-9-19(20)11-16)22-8-7-18(23(27)15-22)5-4-17-12-24(28)26(30)25(29)13-17/h2,7-8,12-13,15-16,19-21H,1,3,6,9-11,14H2. The molecular formula is C26H24F4. The van der Waals surface area contributed by atoms with Crippen molar-refractivity contribution in [3.8, 4) is 11.8 Å². The maximum atomic E-state index is 14.6. The van der Waals surface area contributed by atoms with Gasteiger partial charge in [-0.2, -0.15) is 0 Å². The van der Waals surface area contributed by atoms with Crippen LogP contribution in [0.1, 0.15) is 61.1 Å². The lowest BCUT2D eigenvalue weighted by molar-refractivity contribution is 0.133. The Morgan fingerprint density at radius 3 is 2.20 bits per heavy atom. The van der Waals surface area contributed by atoms with Crippen LogP contribution in [0.5, 0.6) is 0 Å². The molecule has 0 amide bonds. The summed E-state index contributed by atoms with van der Waals surface area (Å²) < 4.78 is 54.3. The predicted octanol–water partition coefficient (Wildman–Crippen LogP) is 7.13. The zero-order valence-electron chi connectivity index (χ0n) is 16.7. The van der Waals surface area contributed by atoms with Crippen molar-refractivity contribution in [3.63, 3.8) is 0 Å². The molecule has 0 spiro atoms. The van der Waals surface area contributed by atoms with Gasteiger partial charge in [0.2, 0.25) is 0 Å². The van der Waals surface area contributed by atoms with Crippen LogP contribution >= 0.6 is 0 Å². The van der Waals surface area contributed by atoms with E-state index in [1.807, 2.05) is 6.07 Å². The summed E-state index contributed by atoms with van der Waals surface area (Å²) in [5.74, 6) is 2.95. The van der Waals surface area contributed by atoms with Crippen LogP contribution < -0.4 is 0 Å². The number of hydrogen-bond acceptors (Lipinski definition) is 0. The molecule has 0 radical (unpaired) electrons. The largest absolute Gasteiger partial charge is 0.206 e. The average Bonchev–Trinajstić information content (AvgIpc) is 2.75. The lowest BCUT2D eigenvalue weighted by atomic mass is 9.64. The van der Waals surface area contributed by atoms with E-state index in [0.29, 0.717) is 17.8 Å². The highest BCUT2D eigenvalue weighted by molar-refractivity contribution is 5.45. The van der Waals surface area contributed by atoms with Crippen molar-refractivity contribution in [2.75, 3.05) is 0 Å². The molecule has 30 heavy (non-hydrogen) atoms. The first-order chi connectivity index (χ1) is 14.4. The van der Waals surface area contributed by atoms with E-state index in [1.54, 1.807) is 6.07 Å². The number of benzene rings is 2. The van der Waals surface area contributed by atoms with Gasteiger partial charge in [-0.15, -0.1) is 6.58 Å². The first kappa shape index (κ1) is 20.7. The molecule has 0 aromatic heterocycles. The number of allylic oxidation sites excluding steroid dienone is 1. The molecule has 2 aliphatic carbocycles. The normalized spacial score (nSPS) is 25.7. The summed E-state index contributed by atoms with van der Waals surface area (Å²) in [5, 5.41) is 0. The summed E-state index contributed by atoms with van der Waals surface area (Å²) in [6, 6.07) is 6.67. The minimum Gasteiger partial charge on any atom is -0.206 e. The van der Waals surface area contributed by atoms with E-state index in [1.165, 1.54) is 31.7 Å². The van der Waals surface area contributed by atoms with Crippen LogP contribution in [0.2, 0.25) is 0 Å². The van der Waals surface area contributed by atoms with E-state index < -0.39 is 23.3 Å². The third-order valence-electron chi connectivity index (χ3n) is 6.78. The van der Waals surface area contributed by atoms with Gasteiger partial charge in [-0.05, 0) is 92.0 Å². The van der Waals surface area contributed by atoms with Crippen LogP contribution in [0.3, 0.4) is 0 Å². The molecule has 4 rings (SSSR count). The Bertz CT molecular complexity index is 990. The molecule has 2 aromatic carbocycles. The molecule has 156 valence electrons. The van der Waals surface area contributed by atoms with Crippen LogP contribution in [-0.4, -0.2) is 0 Å². The third-order valence-corrected chi connectivity index (χ3v) is 6.78. The van der Waals surface area contributed by atoms with Crippen molar-refractivity contribution in [3.05, 3.63) is 82.9 Å². The van der Waals surface area contributed by atoms with E-state index >= 15 is 0 Å². The van der Waals surface area contributed by atoms with Gasteiger partial charge < -0.3 is 0 Å². The molecule has 0 N–H and O–H groups in total. The van der Waals surface area contributed by atoms with Crippen LogP contribution in [0, 0.1) is 52.9 Å². The van der Waals surface area contributed by atoms with Gasteiger partial charge in [0.05, 0.1) is 5.56 Å². The van der Waals surface area contributed by atoms with Gasteiger partial charge in [-0.25, -0.2) is 17.6 Å². The maximum Gasteiger partial charge on any atom is 0.194 e. The zero-order valence-corrected chi connectivity index (χ0v) is 16.7. The van der Waals surface area contributed by atoms with Crippen molar-refractivity contribution in [1.29, 1.82) is 0 Å². The highest BCUT2D eigenvalue weighted by Gasteiger charge is 2.35. The summed E-state index contributed by atoms with van der Waals surface area (Å²) in [6.45, 7) is 3.94. The fourth-order valence-corrected chi connectivity index (χ4v) is 5.10. The Kier molecular flexibility index (Phi) is 5.99. The second kappa shape index (κ2) is 8.68. The molecule has 2 saturated carbocycles. The highest BCUT2D eigenvalue weighted by Crippen LogP contribution is 2.47. The molecule has 2 aliphatic rings. The van der Waals surface area contributed by atoms with Crippen molar-refractivity contribution in [1.82, 2.24) is 0 Å². The van der Waals surface area contributed by atoms with E-state index in [0.717, 1.165) is 36.5 Å². The fourth-order valence-electron chi connectivity index (χ4n) is 5.10. The monoisotopic (exact) mass is 412 g/mol. The first-order valence-corrected chi connectivity index (χ1v) is 10.5. The Hall–Kier alpha value is -2.54. The predicted molar refractivity (Wildman–Crippen MR) is 110 cm³/mol. The zero-order chi connectivity index (χ0) is 21.3. The highest BCUT2D eigenvalue weighted by atomic mass is 19.2. The number of hydrogen-bond donors (Lipinski definition) is 0. The SMILES string of the molecule is C=CC1CCC2CC(c3ccc(C#Cc4cc(F)c(F)c(F)c4)c(F)c3)CCC2C1. The van der Waals surface area contributed by atoms with Crippen molar-refractivity contribution in [2.24, 2.45) is 17.8 Å². The molecule has 0 bridgehead atoms. The molecule has 2 fully saturated rings. The Labute approximate surface area is 175 Å². The van der Waals surface area contributed by atoms with Gasteiger partial charge in [0, 0.05) is 5.56 Å². The number of halogens is 4. The molecule has 4 unspecified atom stereocenters. The van der Waals surface area contributed by atoms with Crippen LogP contribution in [0.4, 0.5) is 17.6 Å². The van der Waals surface area contributed by atoms with Crippen molar-refractivity contribution >= 4 is 0 Å². The molecule has 0 saturated heterocycles. The average molecular weight is 412 g/mol. The summed E-state index contributed by atoms with van der Waals surface area (Å²) >= 11 is 0. The summed E-state index contributed by atoms with van der Waals surface area (Å²) in [6.07, 6.45) is 9.06. The van der Waals surface area contributed by atoms with Gasteiger partial charge in [0.15, 0.2) is 17.5 Å². The van der Waals surface area contributed by atoms with Gasteiger partial charge in [-0.3, -0.25) is 0 Å². The fraction of sp³-hybridized carbons (Fsp3) is 0.385. The molecule has 4 atom stereocenters. The molecular weight excluding hydrogens is 388 g/mol. The van der Waals surface area contributed by atoms with Gasteiger partial charge in [0.1, 0.15) is 5.82 Å². The van der Waals surface area contributed by atoms with Crippen LogP contribution in [-0.2, 0) is 0 Å². The Morgan fingerprint density at radius 2 is 1.50 bits per heavy atom. The van der Waals surface area contributed by atoms with E-state index in [-0.39, 0.29) is 11.1 Å². The smallest absolute Gasteiger partial charge is 0.194 e. The topological polar surface area (TPSA) is 0 Å². The molecule has 0 aliphatic heterocycles. The quantitative estimate of drug-likeness (QED) is 0.213. The Morgan fingerprint density at radius 1 is 0.800 bits per heavy atom. The lowest BCUT2D eigenvalue weighted by Gasteiger charge is -2.41. The van der Waals surface area contributed by atoms with Crippen LogP contribution in [0.25, 0.3) is 0 Å². The second-order valence-corrected chi connectivity index (χ2v) is 8.58. The van der Waals surface area contributed by atoms with Crippen LogP contribution in [0.15, 0.2) is 43.0 Å². The number of fused-ring (bicyclic) bond motifs is 1. The molecule has 0 heterocycles. The van der Waals surface area contributed by atoms with E-state index in [4.69, 9.17) is 0 Å². The number of rotatable bonds is 2. The summed E-state index contributed by atoms with van der Waals surface area (Å²) in [4.78, 5) is 0. The van der Waals surface area contributed by atoms with Gasteiger partial charge in [-0.1, -0.05) is 24.0 Å². The van der Waals surface area contributed by atoms with Gasteiger partial charge in [0.25, 0.3) is 0 Å². The van der Waals surface area contributed by atoms with E-state index in [2.05, 4.69) is 24.5 Å². The minimum atomic E-state index is -1.54. The molecule has 4 heteroatoms. The summed E-state index contributed by atoms with van der Waals surface area (Å²) in [7, 11) is 0. The van der Waals surface area contributed by atoms with E-state index in [9.17, 15) is 17.6 Å². The Balaban J connectivity index is 1.48. The third kappa shape index (κ3) is 4.31. The van der Waals surface area contributed by atoms with Crippen molar-refractivity contribution in [2.45, 2.75) is 44.4 Å². The van der Waals surface area contributed by atoms with Gasteiger partial charge >= 0.3 is 0 Å². The minimum absolute atomic E-state index is 0.0386. The maximum absolute atomic E-state index is 14.6. The molecule has 2 aromatic rings. The molecule has 0 nitrogen and oxygen atoms in total. The second-order valence-electron chi connectivity index (χ2n) is 8.58. The summed E-state index contributed by atoms with van der Waals surface area (Å²) in [5.41, 5.74) is 1.11. The van der Waals surface area contributed by atoms with Crippen molar-refractivity contribution < 1.29 is 17.6 Å².